The van der Waals surface area contributed by atoms with Crippen molar-refractivity contribution in [3.05, 3.63) is 66.8 Å². The average molecular weight is 445 g/mol. The molecule has 1 aliphatic carbocycles. The van der Waals surface area contributed by atoms with E-state index in [1.807, 2.05) is 0 Å². The van der Waals surface area contributed by atoms with E-state index in [4.69, 9.17) is 9.15 Å². The van der Waals surface area contributed by atoms with Gasteiger partial charge in [-0.15, -0.1) is 5.10 Å². The van der Waals surface area contributed by atoms with E-state index >= 15 is 0 Å². The molecule has 0 unspecified atom stereocenters. The number of hydrogen-bond donors (Lipinski definition) is 2. The molecule has 0 atom stereocenters. The topological polar surface area (TPSA) is 111 Å². The van der Waals surface area contributed by atoms with Gasteiger partial charge in [-0.05, 0) is 43.2 Å². The van der Waals surface area contributed by atoms with E-state index in [1.54, 1.807) is 59.2 Å². The number of nitrogens with one attached hydrogen (secondary N) is 2. The maximum absolute atomic E-state index is 12.5. The van der Waals surface area contributed by atoms with Gasteiger partial charge in [0.25, 0.3) is 5.91 Å². The van der Waals surface area contributed by atoms with Crippen LogP contribution in [0.2, 0.25) is 0 Å². The second kappa shape index (κ2) is 9.15. The van der Waals surface area contributed by atoms with Crippen LogP contribution in [-0.2, 0) is 4.79 Å². The van der Waals surface area contributed by atoms with Crippen LogP contribution in [0.5, 0.6) is 11.6 Å². The lowest BCUT2D eigenvalue weighted by Crippen LogP contribution is -2.24. The molecule has 0 spiro atoms. The highest BCUT2D eigenvalue weighted by molar-refractivity contribution is 6.02. The Labute approximate surface area is 189 Å². The highest BCUT2D eigenvalue weighted by Crippen LogP contribution is 2.26. The first-order valence-electron chi connectivity index (χ1n) is 10.9. The fraction of sp³-hybridized carbons (Fsp3) is 0.250. The zero-order valence-corrected chi connectivity index (χ0v) is 17.9. The van der Waals surface area contributed by atoms with Gasteiger partial charge in [0.15, 0.2) is 17.2 Å². The molecule has 1 saturated carbocycles. The summed E-state index contributed by atoms with van der Waals surface area (Å²) in [6, 6.07) is 13.7. The normalized spacial score (nSPS) is 14.2. The van der Waals surface area contributed by atoms with Crippen LogP contribution in [0.1, 0.15) is 42.7 Å². The van der Waals surface area contributed by atoms with Gasteiger partial charge in [0.2, 0.25) is 11.8 Å². The number of carbonyl (C=O) groups is 2. The summed E-state index contributed by atoms with van der Waals surface area (Å²) in [4.78, 5) is 29.1. The quantitative estimate of drug-likeness (QED) is 0.437. The van der Waals surface area contributed by atoms with Crippen molar-refractivity contribution in [2.45, 2.75) is 32.1 Å². The van der Waals surface area contributed by atoms with E-state index in [0.29, 0.717) is 28.8 Å². The fourth-order valence-electron chi connectivity index (χ4n) is 3.93. The minimum Gasteiger partial charge on any atom is -0.459 e. The van der Waals surface area contributed by atoms with Crippen LogP contribution in [0, 0.1) is 5.92 Å². The number of anilines is 2. The number of imidazole rings is 1. The molecular weight excluding hydrogens is 422 g/mol. The Balaban J connectivity index is 1.26. The molecule has 2 amide bonds. The molecule has 0 radical (unpaired) electrons. The highest BCUT2D eigenvalue weighted by atomic mass is 16.5. The lowest BCUT2D eigenvalue weighted by molar-refractivity contribution is -0.120. The second-order valence-electron chi connectivity index (χ2n) is 7.99. The van der Waals surface area contributed by atoms with Crippen molar-refractivity contribution in [3.8, 4) is 11.6 Å². The summed E-state index contributed by atoms with van der Waals surface area (Å²) >= 11 is 0. The SMILES string of the molecule is O=C(Nc1cccc(Oc2ccc3nc(NC(=O)C4CCCCC4)cn3n2)c1)c1ccco1. The van der Waals surface area contributed by atoms with E-state index in [0.717, 1.165) is 25.7 Å². The number of furan rings is 1. The van der Waals surface area contributed by atoms with E-state index < -0.39 is 0 Å². The number of aromatic nitrogens is 3. The van der Waals surface area contributed by atoms with Gasteiger partial charge in [-0.3, -0.25) is 9.59 Å². The first-order valence-corrected chi connectivity index (χ1v) is 10.9. The molecule has 3 aromatic heterocycles. The zero-order valence-electron chi connectivity index (χ0n) is 17.9. The lowest BCUT2D eigenvalue weighted by atomic mass is 9.89. The summed E-state index contributed by atoms with van der Waals surface area (Å²) in [5, 5.41) is 10.1. The van der Waals surface area contributed by atoms with Crippen LogP contribution in [0.4, 0.5) is 11.5 Å². The van der Waals surface area contributed by atoms with Crippen molar-refractivity contribution >= 4 is 29.0 Å². The van der Waals surface area contributed by atoms with Gasteiger partial charge in [-0.25, -0.2) is 9.50 Å². The van der Waals surface area contributed by atoms with Gasteiger partial charge in [-0.1, -0.05) is 25.3 Å². The summed E-state index contributed by atoms with van der Waals surface area (Å²) in [7, 11) is 0. The average Bonchev–Trinajstić information content (AvgIpc) is 3.49. The highest BCUT2D eigenvalue weighted by Gasteiger charge is 2.22. The summed E-state index contributed by atoms with van der Waals surface area (Å²) in [6.45, 7) is 0. The van der Waals surface area contributed by atoms with E-state index in [1.165, 1.54) is 12.7 Å². The van der Waals surface area contributed by atoms with Gasteiger partial charge < -0.3 is 19.8 Å². The molecule has 1 aliphatic rings. The van der Waals surface area contributed by atoms with Gasteiger partial charge >= 0.3 is 0 Å². The van der Waals surface area contributed by atoms with Crippen molar-refractivity contribution < 1.29 is 18.7 Å². The monoisotopic (exact) mass is 445 g/mol. The number of fused-ring (bicyclic) bond motifs is 1. The smallest absolute Gasteiger partial charge is 0.291 e. The number of amides is 2. The minimum absolute atomic E-state index is 0.0167. The fourth-order valence-corrected chi connectivity index (χ4v) is 3.93. The molecule has 168 valence electrons. The van der Waals surface area contributed by atoms with Crippen LogP contribution >= 0.6 is 0 Å². The van der Waals surface area contributed by atoms with Crippen LogP contribution in [0.25, 0.3) is 5.65 Å². The maximum Gasteiger partial charge on any atom is 0.291 e. The van der Waals surface area contributed by atoms with Gasteiger partial charge in [0.1, 0.15) is 5.75 Å². The van der Waals surface area contributed by atoms with Crippen LogP contribution in [0.3, 0.4) is 0 Å². The minimum atomic E-state index is -0.349. The molecule has 5 rings (SSSR count). The van der Waals surface area contributed by atoms with Crippen molar-refractivity contribution in [2.75, 3.05) is 10.6 Å². The Kier molecular flexibility index (Phi) is 5.75. The summed E-state index contributed by atoms with van der Waals surface area (Å²) < 4.78 is 12.5. The number of benzene rings is 1. The van der Waals surface area contributed by atoms with E-state index in [9.17, 15) is 9.59 Å². The maximum atomic E-state index is 12.5. The number of hydrogen-bond acceptors (Lipinski definition) is 6. The summed E-state index contributed by atoms with van der Waals surface area (Å²) in [6.07, 6.45) is 8.36. The summed E-state index contributed by atoms with van der Waals surface area (Å²) in [5.41, 5.74) is 1.16. The second-order valence-corrected chi connectivity index (χ2v) is 7.99. The Morgan fingerprint density at radius 3 is 2.73 bits per heavy atom. The third-order valence-corrected chi connectivity index (χ3v) is 5.58. The van der Waals surface area contributed by atoms with Crippen molar-refractivity contribution in [2.24, 2.45) is 5.92 Å². The van der Waals surface area contributed by atoms with Crippen LogP contribution in [0.15, 0.2) is 65.4 Å². The third-order valence-electron chi connectivity index (χ3n) is 5.58. The molecule has 3 heterocycles. The van der Waals surface area contributed by atoms with Crippen molar-refractivity contribution in [1.29, 1.82) is 0 Å². The first-order chi connectivity index (χ1) is 16.1. The summed E-state index contributed by atoms with van der Waals surface area (Å²) in [5.74, 6) is 1.26. The Morgan fingerprint density at radius 2 is 1.91 bits per heavy atom. The number of nitrogens with zero attached hydrogens (tertiary/aromatic N) is 3. The number of ether oxygens (including phenoxy) is 1. The van der Waals surface area contributed by atoms with Crippen molar-refractivity contribution in [1.82, 2.24) is 14.6 Å². The number of rotatable bonds is 6. The molecular formula is C24H23N5O4. The lowest BCUT2D eigenvalue weighted by Gasteiger charge is -2.19. The van der Waals surface area contributed by atoms with Gasteiger partial charge in [0, 0.05) is 23.7 Å². The van der Waals surface area contributed by atoms with E-state index in [-0.39, 0.29) is 23.5 Å². The molecule has 1 fully saturated rings. The predicted molar refractivity (Wildman–Crippen MR) is 121 cm³/mol. The van der Waals surface area contributed by atoms with Crippen LogP contribution < -0.4 is 15.4 Å². The predicted octanol–water partition coefficient (Wildman–Crippen LogP) is 4.89. The molecule has 0 saturated heterocycles. The Morgan fingerprint density at radius 1 is 1.03 bits per heavy atom. The molecule has 4 aromatic rings. The molecule has 0 aliphatic heterocycles. The third kappa shape index (κ3) is 4.87. The largest absolute Gasteiger partial charge is 0.459 e. The standard InChI is InChI=1S/C24H23N5O4/c30-23(16-6-2-1-3-7-16)27-20-15-29-21(26-20)11-12-22(28-29)33-18-9-4-8-17(14-18)25-24(31)19-10-5-13-32-19/h4-5,8-16H,1-3,6-7H2,(H,25,31)(H,27,30). The first kappa shape index (κ1) is 20.7. The molecule has 33 heavy (non-hydrogen) atoms. The molecule has 9 nitrogen and oxygen atoms in total. The van der Waals surface area contributed by atoms with Crippen LogP contribution in [-0.4, -0.2) is 26.4 Å². The van der Waals surface area contributed by atoms with Crippen molar-refractivity contribution in [3.63, 3.8) is 0 Å². The number of carbonyl (C=O) groups excluding carboxylic acids is 2. The van der Waals surface area contributed by atoms with Gasteiger partial charge in [0.05, 0.1) is 12.5 Å². The van der Waals surface area contributed by atoms with Gasteiger partial charge in [-0.2, -0.15) is 0 Å². The molecule has 9 heteroatoms. The molecule has 2 N–H and O–H groups in total. The molecule has 1 aromatic carbocycles. The Hall–Kier alpha value is -4.14. The Bertz CT molecular complexity index is 1280. The molecule has 0 bridgehead atoms. The van der Waals surface area contributed by atoms with E-state index in [2.05, 4.69) is 20.7 Å². The zero-order chi connectivity index (χ0) is 22.6.